The van der Waals surface area contributed by atoms with E-state index in [4.69, 9.17) is 0 Å². The van der Waals surface area contributed by atoms with Gasteiger partial charge in [0.05, 0.1) is 32.5 Å². The Morgan fingerprint density at radius 3 is 2.40 bits per heavy atom. The first kappa shape index (κ1) is 25.0. The van der Waals surface area contributed by atoms with Crippen LogP contribution in [0, 0.1) is 11.7 Å². The standard InChI is InChI=1S/C30H28FN5O3S/c1-40(38,39)19-8-6-17(7-9-19)20-10-11-23-25(27(20)31)28(32-24-16-36-14-12-18(24)13-15-36)26(30(37)35-23)29-33-21-4-2-3-5-22(21)34-29/h2-11,18,24H,12-16H2,1H3,(H,33,34)(H2,32,35,37)/t24-/m0/s1. The highest BCUT2D eigenvalue weighted by Gasteiger charge is 2.35. The SMILES string of the molecule is CS(=O)(=O)c1ccc(-c2ccc3[nH]c(=O)c(-c4nc5ccccc5[nH]4)c(N[C@H]4CN5CCC4CC5)c3c2F)cc1. The van der Waals surface area contributed by atoms with Gasteiger partial charge in [0, 0.05) is 24.4 Å². The van der Waals surface area contributed by atoms with Crippen molar-refractivity contribution in [2.45, 2.75) is 23.8 Å². The lowest BCUT2D eigenvalue weighted by atomic mass is 9.83. The van der Waals surface area contributed by atoms with Gasteiger partial charge in [0.15, 0.2) is 9.84 Å². The van der Waals surface area contributed by atoms with E-state index in [-0.39, 0.29) is 27.4 Å². The Kier molecular flexibility index (Phi) is 5.79. The maximum Gasteiger partial charge on any atom is 0.261 e. The van der Waals surface area contributed by atoms with Crippen LogP contribution in [0.1, 0.15) is 12.8 Å². The number of benzene rings is 3. The van der Waals surface area contributed by atoms with Crippen LogP contribution in [0.4, 0.5) is 10.1 Å². The average Bonchev–Trinajstić information content (AvgIpc) is 3.37. The first-order valence-electron chi connectivity index (χ1n) is 13.4. The fourth-order valence-electron chi connectivity index (χ4n) is 6.21. The third-order valence-electron chi connectivity index (χ3n) is 8.32. The number of nitrogens with one attached hydrogen (secondary N) is 3. The van der Waals surface area contributed by atoms with Gasteiger partial charge < -0.3 is 20.2 Å². The zero-order valence-electron chi connectivity index (χ0n) is 21.9. The number of hydrogen-bond acceptors (Lipinski definition) is 6. The molecule has 3 aliphatic rings. The highest BCUT2D eigenvalue weighted by Crippen LogP contribution is 2.39. The number of nitrogens with zero attached hydrogens (tertiary/aromatic N) is 2. The Hall–Kier alpha value is -4.02. The van der Waals surface area contributed by atoms with Crippen molar-refractivity contribution in [3.63, 3.8) is 0 Å². The van der Waals surface area contributed by atoms with Crippen LogP contribution < -0.4 is 10.9 Å². The van der Waals surface area contributed by atoms with Gasteiger partial charge >= 0.3 is 0 Å². The quantitative estimate of drug-likeness (QED) is 0.287. The van der Waals surface area contributed by atoms with Gasteiger partial charge in [-0.25, -0.2) is 17.8 Å². The summed E-state index contributed by atoms with van der Waals surface area (Å²) in [6.45, 7) is 2.93. The number of halogens is 1. The molecule has 40 heavy (non-hydrogen) atoms. The smallest absolute Gasteiger partial charge is 0.261 e. The summed E-state index contributed by atoms with van der Waals surface area (Å²) in [5.41, 5.74) is 3.05. The van der Waals surface area contributed by atoms with E-state index >= 15 is 4.39 Å². The Morgan fingerprint density at radius 1 is 0.975 bits per heavy atom. The number of sulfone groups is 1. The molecule has 0 radical (unpaired) electrons. The van der Waals surface area contributed by atoms with Crippen LogP contribution in [0.2, 0.25) is 0 Å². The van der Waals surface area contributed by atoms with Crippen LogP contribution in [-0.2, 0) is 9.84 Å². The summed E-state index contributed by atoms with van der Waals surface area (Å²) in [6, 6.07) is 17.1. The summed E-state index contributed by atoms with van der Waals surface area (Å²) in [4.78, 5) is 27.0. The zero-order chi connectivity index (χ0) is 27.6. The van der Waals surface area contributed by atoms with E-state index in [1.54, 1.807) is 24.3 Å². The molecule has 2 aromatic heterocycles. The second-order valence-electron chi connectivity index (χ2n) is 10.8. The highest BCUT2D eigenvalue weighted by molar-refractivity contribution is 7.90. The van der Waals surface area contributed by atoms with Crippen molar-refractivity contribution in [3.8, 4) is 22.5 Å². The molecule has 5 heterocycles. The Labute approximate surface area is 230 Å². The number of imidazole rings is 1. The molecule has 10 heteroatoms. The van der Waals surface area contributed by atoms with Gasteiger partial charge in [-0.3, -0.25) is 4.79 Å². The lowest BCUT2D eigenvalue weighted by Crippen LogP contribution is -2.53. The summed E-state index contributed by atoms with van der Waals surface area (Å²) in [6.07, 6.45) is 3.25. The molecular weight excluding hydrogens is 529 g/mol. The summed E-state index contributed by atoms with van der Waals surface area (Å²) in [5.74, 6) is 0.301. The van der Waals surface area contributed by atoms with Crippen molar-refractivity contribution in [2.75, 3.05) is 31.2 Å². The number of aromatic amines is 2. The Morgan fingerprint density at radius 2 is 1.73 bits per heavy atom. The van der Waals surface area contributed by atoms with E-state index in [1.807, 2.05) is 24.3 Å². The molecule has 3 aromatic carbocycles. The molecule has 0 unspecified atom stereocenters. The molecule has 0 aliphatic carbocycles. The van der Waals surface area contributed by atoms with Gasteiger partial charge in [0.25, 0.3) is 5.56 Å². The molecule has 3 aliphatic heterocycles. The fraction of sp³-hybridized carbons (Fsp3) is 0.267. The topological polar surface area (TPSA) is 111 Å². The molecule has 1 atom stereocenters. The van der Waals surface area contributed by atoms with Gasteiger partial charge in [-0.05, 0) is 73.8 Å². The van der Waals surface area contributed by atoms with E-state index in [0.717, 1.165) is 44.2 Å². The number of piperidine rings is 3. The molecule has 3 N–H and O–H groups in total. The predicted octanol–water partition coefficient (Wildman–Crippen LogP) is 4.79. The Balaban J connectivity index is 1.45. The summed E-state index contributed by atoms with van der Waals surface area (Å²) in [5, 5.41) is 3.89. The number of hydrogen-bond donors (Lipinski definition) is 3. The zero-order valence-corrected chi connectivity index (χ0v) is 22.7. The van der Waals surface area contributed by atoms with Crippen molar-refractivity contribution in [2.24, 2.45) is 5.92 Å². The molecule has 0 saturated carbocycles. The van der Waals surface area contributed by atoms with Crippen molar-refractivity contribution in [1.29, 1.82) is 0 Å². The summed E-state index contributed by atoms with van der Waals surface area (Å²) in [7, 11) is -3.38. The van der Waals surface area contributed by atoms with Gasteiger partial charge in [-0.1, -0.05) is 24.3 Å². The Bertz CT molecular complexity index is 1910. The molecule has 2 bridgehead atoms. The molecule has 3 saturated heterocycles. The fourth-order valence-corrected chi connectivity index (χ4v) is 6.84. The number of rotatable bonds is 5. The van der Waals surface area contributed by atoms with Gasteiger partial charge in [0.2, 0.25) is 0 Å². The molecule has 8 nitrogen and oxygen atoms in total. The van der Waals surface area contributed by atoms with E-state index in [9.17, 15) is 13.2 Å². The number of H-pyrrole nitrogens is 2. The number of pyridine rings is 1. The predicted molar refractivity (Wildman–Crippen MR) is 155 cm³/mol. The lowest BCUT2D eigenvalue weighted by molar-refractivity contribution is 0.0976. The number of fused-ring (bicyclic) bond motifs is 5. The number of para-hydroxylation sites is 2. The molecular formula is C30H28FN5O3S. The average molecular weight is 558 g/mol. The van der Waals surface area contributed by atoms with Crippen LogP contribution in [-0.4, -0.2) is 60.2 Å². The second-order valence-corrected chi connectivity index (χ2v) is 12.9. The van der Waals surface area contributed by atoms with Crippen LogP contribution in [0.15, 0.2) is 70.4 Å². The van der Waals surface area contributed by atoms with Crippen molar-refractivity contribution in [1.82, 2.24) is 19.9 Å². The van der Waals surface area contributed by atoms with Gasteiger partial charge in [-0.2, -0.15) is 0 Å². The molecule has 3 fully saturated rings. The second kappa shape index (κ2) is 9.28. The molecule has 5 aromatic rings. The molecule has 0 amide bonds. The van der Waals surface area contributed by atoms with Gasteiger partial charge in [0.1, 0.15) is 17.2 Å². The summed E-state index contributed by atoms with van der Waals surface area (Å²) >= 11 is 0. The van der Waals surface area contributed by atoms with Crippen LogP contribution >= 0.6 is 0 Å². The third kappa shape index (κ3) is 4.18. The maximum atomic E-state index is 16.6. The largest absolute Gasteiger partial charge is 0.379 e. The van der Waals surface area contributed by atoms with Crippen molar-refractivity contribution >= 4 is 37.5 Å². The minimum Gasteiger partial charge on any atom is -0.379 e. The normalized spacial score (nSPS) is 20.8. The number of aromatic nitrogens is 3. The first-order chi connectivity index (χ1) is 19.3. The minimum atomic E-state index is -3.38. The number of anilines is 1. The first-order valence-corrected chi connectivity index (χ1v) is 15.3. The van der Waals surface area contributed by atoms with E-state index < -0.39 is 15.7 Å². The van der Waals surface area contributed by atoms with Crippen LogP contribution in [0.25, 0.3) is 44.5 Å². The summed E-state index contributed by atoms with van der Waals surface area (Å²) < 4.78 is 40.5. The van der Waals surface area contributed by atoms with Crippen molar-refractivity contribution in [3.05, 3.63) is 76.8 Å². The molecule has 0 spiro atoms. The van der Waals surface area contributed by atoms with Crippen molar-refractivity contribution < 1.29 is 12.8 Å². The third-order valence-corrected chi connectivity index (χ3v) is 9.45. The van der Waals surface area contributed by atoms with Crippen LogP contribution in [0.3, 0.4) is 0 Å². The van der Waals surface area contributed by atoms with E-state index in [1.165, 1.54) is 12.1 Å². The van der Waals surface area contributed by atoms with Gasteiger partial charge in [-0.15, -0.1) is 0 Å². The maximum absolute atomic E-state index is 16.6. The van der Waals surface area contributed by atoms with E-state index in [2.05, 4.69) is 25.2 Å². The molecule has 8 rings (SSSR count). The highest BCUT2D eigenvalue weighted by atomic mass is 32.2. The van der Waals surface area contributed by atoms with Crippen LogP contribution in [0.5, 0.6) is 0 Å². The minimum absolute atomic E-state index is 0.0627. The molecule has 204 valence electrons. The monoisotopic (exact) mass is 557 g/mol. The lowest BCUT2D eigenvalue weighted by Gasteiger charge is -2.45. The van der Waals surface area contributed by atoms with E-state index in [0.29, 0.717) is 39.6 Å².